The monoisotopic (exact) mass is 230 g/mol. The maximum absolute atomic E-state index is 11.6. The van der Waals surface area contributed by atoms with E-state index in [4.69, 9.17) is 4.74 Å². The lowest BCUT2D eigenvalue weighted by Crippen LogP contribution is -2.48. The molecule has 0 fully saturated rings. The highest BCUT2D eigenvalue weighted by atomic mass is 16.5. The summed E-state index contributed by atoms with van der Waals surface area (Å²) in [7, 11) is 1.67. The van der Waals surface area contributed by atoms with Crippen molar-refractivity contribution in [2.75, 3.05) is 20.2 Å². The van der Waals surface area contributed by atoms with Crippen molar-refractivity contribution in [2.45, 2.75) is 52.2 Å². The fraction of sp³-hybridized carbons (Fsp3) is 0.917. The van der Waals surface area contributed by atoms with E-state index in [9.17, 15) is 4.79 Å². The van der Waals surface area contributed by atoms with Gasteiger partial charge in [0.1, 0.15) is 0 Å². The molecule has 0 aromatic carbocycles. The molecule has 0 saturated carbocycles. The molecular weight excluding hydrogens is 204 g/mol. The van der Waals surface area contributed by atoms with E-state index >= 15 is 0 Å². The van der Waals surface area contributed by atoms with Gasteiger partial charge in [0.25, 0.3) is 0 Å². The fourth-order valence-electron chi connectivity index (χ4n) is 1.06. The third kappa shape index (κ3) is 6.80. The Morgan fingerprint density at radius 1 is 1.25 bits per heavy atom. The maximum Gasteiger partial charge on any atom is 0.234 e. The zero-order valence-electron chi connectivity index (χ0n) is 11.4. The average Bonchev–Trinajstić information content (AvgIpc) is 2.17. The number of carbonyl (C=O) groups is 1. The highest BCUT2D eigenvalue weighted by Gasteiger charge is 2.19. The number of nitrogens with one attached hydrogen (secondary N) is 2. The van der Waals surface area contributed by atoms with Crippen LogP contribution in [0.15, 0.2) is 0 Å². The number of hydrogen-bond donors (Lipinski definition) is 2. The lowest BCUT2D eigenvalue weighted by atomic mass is 10.0. The molecule has 0 unspecified atom stereocenters. The number of ether oxygens (including phenoxy) is 1. The molecule has 0 heterocycles. The zero-order chi connectivity index (χ0) is 12.8. The molecule has 0 saturated heterocycles. The molecule has 0 spiro atoms. The summed E-state index contributed by atoms with van der Waals surface area (Å²) >= 11 is 0. The molecule has 0 aliphatic heterocycles. The summed E-state index contributed by atoms with van der Waals surface area (Å²) in [6, 6.07) is 0. The van der Waals surface area contributed by atoms with Gasteiger partial charge in [-0.3, -0.25) is 4.79 Å². The van der Waals surface area contributed by atoms with Crippen molar-refractivity contribution in [3.8, 4) is 0 Å². The van der Waals surface area contributed by atoms with E-state index in [0.717, 1.165) is 6.42 Å². The Balaban J connectivity index is 3.83. The van der Waals surface area contributed by atoms with Gasteiger partial charge in [0, 0.05) is 19.2 Å². The smallest absolute Gasteiger partial charge is 0.234 e. The van der Waals surface area contributed by atoms with Gasteiger partial charge in [0.05, 0.1) is 12.1 Å². The molecule has 4 nitrogen and oxygen atoms in total. The van der Waals surface area contributed by atoms with Crippen molar-refractivity contribution < 1.29 is 9.53 Å². The molecule has 16 heavy (non-hydrogen) atoms. The van der Waals surface area contributed by atoms with Gasteiger partial charge in [-0.15, -0.1) is 0 Å². The van der Waals surface area contributed by atoms with Crippen molar-refractivity contribution in [3.63, 3.8) is 0 Å². The molecule has 0 bridgehead atoms. The molecule has 0 aromatic rings. The van der Waals surface area contributed by atoms with E-state index in [2.05, 4.69) is 17.6 Å². The summed E-state index contributed by atoms with van der Waals surface area (Å²) in [5.41, 5.74) is -0.365. The van der Waals surface area contributed by atoms with Gasteiger partial charge in [0.15, 0.2) is 0 Å². The second kappa shape index (κ2) is 6.21. The largest absolute Gasteiger partial charge is 0.377 e. The van der Waals surface area contributed by atoms with E-state index in [0.29, 0.717) is 13.1 Å². The predicted molar refractivity (Wildman–Crippen MR) is 66.5 cm³/mol. The molecule has 2 N–H and O–H groups in total. The Morgan fingerprint density at radius 3 is 2.25 bits per heavy atom. The Hall–Kier alpha value is -0.610. The second-order valence-electron chi connectivity index (χ2n) is 5.35. The van der Waals surface area contributed by atoms with E-state index in [1.807, 2.05) is 27.7 Å². The van der Waals surface area contributed by atoms with Crippen LogP contribution in [-0.4, -0.2) is 37.2 Å². The van der Waals surface area contributed by atoms with E-state index < -0.39 is 0 Å². The molecular formula is C12H26N2O2. The number of rotatable bonds is 7. The van der Waals surface area contributed by atoms with Gasteiger partial charge in [-0.1, -0.05) is 6.92 Å². The van der Waals surface area contributed by atoms with Crippen LogP contribution in [0.4, 0.5) is 0 Å². The summed E-state index contributed by atoms with van der Waals surface area (Å²) in [4.78, 5) is 11.6. The Bertz CT molecular complexity index is 225. The molecule has 0 atom stereocenters. The van der Waals surface area contributed by atoms with Crippen LogP contribution in [0.5, 0.6) is 0 Å². The molecule has 0 aliphatic rings. The fourth-order valence-corrected chi connectivity index (χ4v) is 1.06. The van der Waals surface area contributed by atoms with Crippen LogP contribution in [-0.2, 0) is 9.53 Å². The molecule has 96 valence electrons. The van der Waals surface area contributed by atoms with Crippen LogP contribution in [0.1, 0.15) is 41.0 Å². The van der Waals surface area contributed by atoms with Gasteiger partial charge in [-0.2, -0.15) is 0 Å². The van der Waals surface area contributed by atoms with Crippen molar-refractivity contribution in [3.05, 3.63) is 0 Å². The Morgan fingerprint density at radius 2 is 1.81 bits per heavy atom. The highest BCUT2D eigenvalue weighted by Crippen LogP contribution is 2.06. The van der Waals surface area contributed by atoms with Gasteiger partial charge >= 0.3 is 0 Å². The van der Waals surface area contributed by atoms with E-state index in [1.54, 1.807) is 7.11 Å². The first-order valence-corrected chi connectivity index (χ1v) is 5.79. The SMILES string of the molecule is CCC(C)(C)NC(=O)CNCC(C)(C)OC. The van der Waals surface area contributed by atoms with Crippen LogP contribution in [0.3, 0.4) is 0 Å². The second-order valence-corrected chi connectivity index (χ2v) is 5.35. The van der Waals surface area contributed by atoms with Gasteiger partial charge in [-0.25, -0.2) is 0 Å². The minimum absolute atomic E-state index is 0.0266. The lowest BCUT2D eigenvalue weighted by Gasteiger charge is -2.26. The average molecular weight is 230 g/mol. The van der Waals surface area contributed by atoms with Crippen molar-refractivity contribution >= 4 is 5.91 Å². The number of methoxy groups -OCH3 is 1. The first-order valence-electron chi connectivity index (χ1n) is 5.79. The molecule has 1 amide bonds. The van der Waals surface area contributed by atoms with Gasteiger partial charge in [0.2, 0.25) is 5.91 Å². The van der Waals surface area contributed by atoms with Gasteiger partial charge < -0.3 is 15.4 Å². The summed E-state index contributed by atoms with van der Waals surface area (Å²) in [5.74, 6) is 0.0266. The molecule has 0 aliphatic carbocycles. The first-order chi connectivity index (χ1) is 7.22. The minimum Gasteiger partial charge on any atom is -0.377 e. The summed E-state index contributed by atoms with van der Waals surface area (Å²) in [5, 5.41) is 6.05. The molecule has 0 rings (SSSR count). The lowest BCUT2D eigenvalue weighted by molar-refractivity contribution is -0.122. The third-order valence-electron chi connectivity index (χ3n) is 2.75. The van der Waals surface area contributed by atoms with E-state index in [-0.39, 0.29) is 17.0 Å². The molecule has 0 radical (unpaired) electrons. The highest BCUT2D eigenvalue weighted by molar-refractivity contribution is 5.78. The third-order valence-corrected chi connectivity index (χ3v) is 2.75. The zero-order valence-corrected chi connectivity index (χ0v) is 11.4. The van der Waals surface area contributed by atoms with Crippen molar-refractivity contribution in [1.82, 2.24) is 10.6 Å². The summed E-state index contributed by atoms with van der Waals surface area (Å²) < 4.78 is 5.25. The maximum atomic E-state index is 11.6. The quantitative estimate of drug-likeness (QED) is 0.693. The normalized spacial score (nSPS) is 12.6. The standard InChI is InChI=1S/C12H26N2O2/c1-7-11(2,3)14-10(15)8-13-9-12(4,5)16-6/h13H,7-9H2,1-6H3,(H,14,15). The number of hydrogen-bond acceptors (Lipinski definition) is 3. The van der Waals surface area contributed by atoms with E-state index in [1.165, 1.54) is 0 Å². The van der Waals surface area contributed by atoms with Crippen molar-refractivity contribution in [1.29, 1.82) is 0 Å². The van der Waals surface area contributed by atoms with Crippen LogP contribution in [0.25, 0.3) is 0 Å². The minimum atomic E-state index is -0.236. The molecule has 4 heteroatoms. The predicted octanol–water partition coefficient (Wildman–Crippen LogP) is 1.31. The number of amides is 1. The van der Waals surface area contributed by atoms with Gasteiger partial charge in [-0.05, 0) is 34.1 Å². The Kier molecular flexibility index (Phi) is 5.97. The topological polar surface area (TPSA) is 50.4 Å². The van der Waals surface area contributed by atoms with Crippen LogP contribution >= 0.6 is 0 Å². The number of carbonyl (C=O) groups excluding carboxylic acids is 1. The van der Waals surface area contributed by atoms with Crippen LogP contribution in [0.2, 0.25) is 0 Å². The summed E-state index contributed by atoms with van der Waals surface area (Å²) in [6.45, 7) is 11.0. The van der Waals surface area contributed by atoms with Crippen LogP contribution in [0, 0.1) is 0 Å². The summed E-state index contributed by atoms with van der Waals surface area (Å²) in [6.07, 6.45) is 0.919. The Labute approximate surface area is 99.1 Å². The first kappa shape index (κ1) is 15.4. The van der Waals surface area contributed by atoms with Crippen molar-refractivity contribution in [2.24, 2.45) is 0 Å². The van der Waals surface area contributed by atoms with Crippen LogP contribution < -0.4 is 10.6 Å². The molecule has 0 aromatic heterocycles.